The zero-order valence-corrected chi connectivity index (χ0v) is 10.8. The molecule has 0 spiro atoms. The Kier molecular flexibility index (Phi) is 6.12. The van der Waals surface area contributed by atoms with Gasteiger partial charge in [-0.2, -0.15) is 0 Å². The molecule has 100 valence electrons. The second-order valence-electron chi connectivity index (χ2n) is 4.82. The number of hydrogen-bond donors (Lipinski definition) is 3. The third kappa shape index (κ3) is 6.91. The molecule has 0 saturated carbocycles. The molecular weight excluding hydrogens is 224 g/mol. The van der Waals surface area contributed by atoms with Crippen LogP contribution in [0.25, 0.3) is 0 Å². The molecule has 0 radical (unpaired) electrons. The smallest absolute Gasteiger partial charge is 0.325 e. The third-order valence-corrected chi connectivity index (χ3v) is 1.97. The highest BCUT2D eigenvalue weighted by molar-refractivity contribution is 5.85. The summed E-state index contributed by atoms with van der Waals surface area (Å²) in [7, 11) is 0. The Morgan fingerprint density at radius 3 is 2.35 bits per heavy atom. The van der Waals surface area contributed by atoms with Gasteiger partial charge in [0.1, 0.15) is 18.2 Å². The number of carbonyl (C=O) groups excluding carboxylic acids is 2. The van der Waals surface area contributed by atoms with Crippen molar-refractivity contribution < 1.29 is 19.4 Å². The Bertz CT molecular complexity index is 273. The Hall–Kier alpha value is -1.14. The van der Waals surface area contributed by atoms with Crippen molar-refractivity contribution in [1.82, 2.24) is 5.32 Å². The van der Waals surface area contributed by atoms with Gasteiger partial charge in [0, 0.05) is 6.04 Å². The summed E-state index contributed by atoms with van der Waals surface area (Å²) in [5, 5.41) is 11.7. The van der Waals surface area contributed by atoms with E-state index < -0.39 is 29.6 Å². The van der Waals surface area contributed by atoms with E-state index in [4.69, 9.17) is 10.5 Å². The number of hydrogen-bond acceptors (Lipinski definition) is 5. The zero-order chi connectivity index (χ0) is 13.6. The van der Waals surface area contributed by atoms with E-state index in [0.717, 1.165) is 0 Å². The fraction of sp³-hybridized carbons (Fsp3) is 0.818. The Balaban J connectivity index is 4.04. The molecule has 0 aromatic rings. The molecule has 0 saturated heterocycles. The molecule has 6 heteroatoms. The lowest BCUT2D eigenvalue weighted by molar-refractivity contribution is -0.155. The minimum atomic E-state index is -1.30. The van der Waals surface area contributed by atoms with Crippen molar-refractivity contribution in [2.45, 2.75) is 51.9 Å². The van der Waals surface area contributed by atoms with E-state index in [-0.39, 0.29) is 6.54 Å². The maximum atomic E-state index is 11.4. The summed E-state index contributed by atoms with van der Waals surface area (Å²) in [6.45, 7) is 6.68. The molecule has 4 N–H and O–H groups in total. The fourth-order valence-electron chi connectivity index (χ4n) is 1.06. The highest BCUT2D eigenvalue weighted by Crippen LogP contribution is 2.06. The average Bonchev–Trinajstić information content (AvgIpc) is 2.21. The SMILES string of the molecule is CCC(N)C(O)C(=O)NCC(=O)OC(C)(C)C. The molecule has 1 amide bonds. The largest absolute Gasteiger partial charge is 0.459 e. The van der Waals surface area contributed by atoms with Crippen LogP contribution in [0.4, 0.5) is 0 Å². The molecule has 6 nitrogen and oxygen atoms in total. The summed E-state index contributed by atoms with van der Waals surface area (Å²) < 4.78 is 4.99. The van der Waals surface area contributed by atoms with Crippen LogP contribution in [-0.4, -0.2) is 41.3 Å². The van der Waals surface area contributed by atoms with Gasteiger partial charge < -0.3 is 20.9 Å². The van der Waals surface area contributed by atoms with E-state index in [1.165, 1.54) is 0 Å². The lowest BCUT2D eigenvalue weighted by Crippen LogP contribution is -2.47. The van der Waals surface area contributed by atoms with Crippen molar-refractivity contribution in [1.29, 1.82) is 0 Å². The maximum Gasteiger partial charge on any atom is 0.325 e. The monoisotopic (exact) mass is 246 g/mol. The van der Waals surface area contributed by atoms with Crippen LogP contribution in [0.5, 0.6) is 0 Å². The van der Waals surface area contributed by atoms with Gasteiger partial charge in [-0.1, -0.05) is 6.92 Å². The lowest BCUT2D eigenvalue weighted by Gasteiger charge is -2.20. The number of ether oxygens (including phenoxy) is 1. The summed E-state index contributed by atoms with van der Waals surface area (Å²) in [6.07, 6.45) is -0.830. The number of carbonyl (C=O) groups is 2. The van der Waals surface area contributed by atoms with Crippen molar-refractivity contribution in [2.75, 3.05) is 6.54 Å². The van der Waals surface area contributed by atoms with Gasteiger partial charge >= 0.3 is 5.97 Å². The number of aliphatic hydroxyl groups excluding tert-OH is 1. The summed E-state index contributed by atoms with van der Waals surface area (Å²) >= 11 is 0. The molecule has 2 unspecified atom stereocenters. The van der Waals surface area contributed by atoms with Crippen molar-refractivity contribution in [3.05, 3.63) is 0 Å². The molecule has 0 aromatic heterocycles. The van der Waals surface area contributed by atoms with Gasteiger partial charge in [-0.15, -0.1) is 0 Å². The quantitative estimate of drug-likeness (QED) is 0.570. The van der Waals surface area contributed by atoms with Crippen LogP contribution in [0.1, 0.15) is 34.1 Å². The fourth-order valence-corrected chi connectivity index (χ4v) is 1.06. The Labute approximate surface area is 102 Å². The number of nitrogens with two attached hydrogens (primary N) is 1. The average molecular weight is 246 g/mol. The summed E-state index contributed by atoms with van der Waals surface area (Å²) in [5.74, 6) is -1.21. The van der Waals surface area contributed by atoms with Crippen molar-refractivity contribution >= 4 is 11.9 Å². The first kappa shape index (κ1) is 15.9. The molecule has 17 heavy (non-hydrogen) atoms. The van der Waals surface area contributed by atoms with Gasteiger partial charge in [-0.05, 0) is 27.2 Å². The van der Waals surface area contributed by atoms with E-state index in [9.17, 15) is 14.7 Å². The van der Waals surface area contributed by atoms with E-state index in [1.807, 2.05) is 0 Å². The van der Waals surface area contributed by atoms with Gasteiger partial charge in [0.2, 0.25) is 0 Å². The molecule has 0 rings (SSSR count). The van der Waals surface area contributed by atoms with Gasteiger partial charge in [0.25, 0.3) is 5.91 Å². The Morgan fingerprint density at radius 2 is 1.94 bits per heavy atom. The topological polar surface area (TPSA) is 102 Å². The van der Waals surface area contributed by atoms with Crippen LogP contribution < -0.4 is 11.1 Å². The van der Waals surface area contributed by atoms with Crippen molar-refractivity contribution in [2.24, 2.45) is 5.73 Å². The number of nitrogens with one attached hydrogen (secondary N) is 1. The molecule has 0 aromatic carbocycles. The maximum absolute atomic E-state index is 11.4. The normalized spacial score (nSPS) is 14.9. The van der Waals surface area contributed by atoms with Gasteiger partial charge in [-0.25, -0.2) is 0 Å². The summed E-state index contributed by atoms with van der Waals surface area (Å²) in [5.41, 5.74) is 4.90. The van der Waals surface area contributed by atoms with Crippen LogP contribution in [0.2, 0.25) is 0 Å². The van der Waals surface area contributed by atoms with Crippen LogP contribution in [0.3, 0.4) is 0 Å². The third-order valence-electron chi connectivity index (χ3n) is 1.97. The van der Waals surface area contributed by atoms with Crippen LogP contribution in [-0.2, 0) is 14.3 Å². The van der Waals surface area contributed by atoms with E-state index in [0.29, 0.717) is 6.42 Å². The molecule has 2 atom stereocenters. The standard InChI is InChI=1S/C11H22N2O4/c1-5-7(12)9(15)10(16)13-6-8(14)17-11(2,3)4/h7,9,15H,5-6,12H2,1-4H3,(H,13,16). The highest BCUT2D eigenvalue weighted by atomic mass is 16.6. The van der Waals surface area contributed by atoms with Crippen LogP contribution >= 0.6 is 0 Å². The molecule has 0 fully saturated rings. The van der Waals surface area contributed by atoms with E-state index in [2.05, 4.69) is 5.32 Å². The zero-order valence-electron chi connectivity index (χ0n) is 10.8. The highest BCUT2D eigenvalue weighted by Gasteiger charge is 2.23. The van der Waals surface area contributed by atoms with E-state index >= 15 is 0 Å². The number of rotatable bonds is 5. The minimum absolute atomic E-state index is 0.274. The predicted molar refractivity (Wildman–Crippen MR) is 63.1 cm³/mol. The van der Waals surface area contributed by atoms with Gasteiger partial charge in [0.15, 0.2) is 0 Å². The second-order valence-corrected chi connectivity index (χ2v) is 4.82. The van der Waals surface area contributed by atoms with Crippen molar-refractivity contribution in [3.8, 4) is 0 Å². The number of amides is 1. The summed E-state index contributed by atoms with van der Waals surface area (Å²) in [4.78, 5) is 22.6. The molecule has 0 bridgehead atoms. The Morgan fingerprint density at radius 1 is 1.41 bits per heavy atom. The van der Waals surface area contributed by atoms with Crippen LogP contribution in [0.15, 0.2) is 0 Å². The number of aliphatic hydroxyl groups is 1. The first-order chi connectivity index (χ1) is 7.67. The first-order valence-electron chi connectivity index (χ1n) is 5.60. The van der Waals surface area contributed by atoms with E-state index in [1.54, 1.807) is 27.7 Å². The molecular formula is C11H22N2O4. The number of esters is 1. The molecule has 0 aliphatic rings. The van der Waals surface area contributed by atoms with Crippen molar-refractivity contribution in [3.63, 3.8) is 0 Å². The first-order valence-corrected chi connectivity index (χ1v) is 5.60. The van der Waals surface area contributed by atoms with Gasteiger partial charge in [0.05, 0.1) is 0 Å². The predicted octanol–water partition coefficient (Wildman–Crippen LogP) is -0.457. The molecule has 0 aliphatic heterocycles. The van der Waals surface area contributed by atoms with Crippen LogP contribution in [0, 0.1) is 0 Å². The second kappa shape index (κ2) is 6.56. The minimum Gasteiger partial charge on any atom is -0.459 e. The molecule has 0 aliphatic carbocycles. The molecule has 0 heterocycles. The summed E-state index contributed by atoms with van der Waals surface area (Å²) in [6, 6.07) is -0.631. The lowest BCUT2D eigenvalue weighted by atomic mass is 10.1. The van der Waals surface area contributed by atoms with Gasteiger partial charge in [-0.3, -0.25) is 9.59 Å².